The molecule has 0 aromatic carbocycles. The van der Waals surface area contributed by atoms with Gasteiger partial charge in [-0.3, -0.25) is 9.59 Å². The van der Waals surface area contributed by atoms with Crippen molar-refractivity contribution in [3.05, 3.63) is 27.1 Å². The van der Waals surface area contributed by atoms with Crippen LogP contribution >= 0.6 is 11.3 Å². The summed E-state index contributed by atoms with van der Waals surface area (Å²) >= 11 is 1.29. The van der Waals surface area contributed by atoms with Gasteiger partial charge in [0.2, 0.25) is 0 Å². The Morgan fingerprint density at radius 2 is 2.08 bits per heavy atom. The number of aromatic nitrogens is 2. The molecule has 1 fully saturated rings. The van der Waals surface area contributed by atoms with E-state index in [9.17, 15) is 9.59 Å². The quantitative estimate of drug-likeness (QED) is 0.838. The Balaban J connectivity index is 1.61. The van der Waals surface area contributed by atoms with Crippen molar-refractivity contribution >= 4 is 27.5 Å². The Bertz CT molecular complexity index is 790. The average Bonchev–Trinajstić information content (AvgIpc) is 2.93. The molecule has 0 aliphatic carbocycles. The van der Waals surface area contributed by atoms with Crippen molar-refractivity contribution in [2.75, 3.05) is 26.2 Å². The first-order valence-corrected chi connectivity index (χ1v) is 9.35. The molecular weight excluding hydrogens is 324 g/mol. The van der Waals surface area contributed by atoms with Crippen LogP contribution in [0.3, 0.4) is 0 Å². The normalized spacial score (nSPS) is 15.8. The molecule has 24 heavy (non-hydrogen) atoms. The lowest BCUT2D eigenvalue weighted by atomic mass is 10.1. The lowest BCUT2D eigenvalue weighted by Crippen LogP contribution is -2.33. The fraction of sp³-hybridized carbons (Fsp3) is 0.588. The third-order valence-corrected chi connectivity index (χ3v) is 5.80. The van der Waals surface area contributed by atoms with Crippen molar-refractivity contribution in [2.45, 2.75) is 32.6 Å². The second kappa shape index (κ2) is 7.44. The van der Waals surface area contributed by atoms with E-state index >= 15 is 0 Å². The van der Waals surface area contributed by atoms with Gasteiger partial charge in [-0.1, -0.05) is 6.42 Å². The number of rotatable bonds is 5. The number of hydrogen-bond donors (Lipinski definition) is 1. The molecule has 1 amide bonds. The van der Waals surface area contributed by atoms with Crippen LogP contribution in [-0.4, -0.2) is 46.5 Å². The maximum absolute atomic E-state index is 12.4. The fourth-order valence-corrected chi connectivity index (χ4v) is 4.25. The summed E-state index contributed by atoms with van der Waals surface area (Å²) in [5.41, 5.74) is 0.634. The van der Waals surface area contributed by atoms with E-state index in [1.165, 1.54) is 54.6 Å². The number of carbonyl (C=O) groups is 1. The molecule has 0 spiro atoms. The summed E-state index contributed by atoms with van der Waals surface area (Å²) in [5, 5.41) is 3.54. The molecule has 0 bridgehead atoms. The van der Waals surface area contributed by atoms with Gasteiger partial charge in [0.1, 0.15) is 4.83 Å². The number of amides is 1. The number of nitrogens with one attached hydrogen (secondary N) is 1. The van der Waals surface area contributed by atoms with Gasteiger partial charge in [-0.15, -0.1) is 11.3 Å². The summed E-state index contributed by atoms with van der Waals surface area (Å²) < 4.78 is 1.45. The Hall–Kier alpha value is -1.73. The standard InChI is InChI=1S/C17H24N4O2S/c1-12-13-16(19-11-20(2)17(13)23)24-14(12)15(22)18-7-6-10-21-8-4-3-5-9-21/h11H,3-10H2,1-2H3,(H,18,22). The lowest BCUT2D eigenvalue weighted by Gasteiger charge is -2.26. The Morgan fingerprint density at radius 1 is 1.33 bits per heavy atom. The molecule has 1 aliphatic heterocycles. The summed E-state index contributed by atoms with van der Waals surface area (Å²) in [6.45, 7) is 5.88. The zero-order valence-electron chi connectivity index (χ0n) is 14.3. The zero-order chi connectivity index (χ0) is 17.1. The Morgan fingerprint density at radius 3 is 2.83 bits per heavy atom. The van der Waals surface area contributed by atoms with Crippen molar-refractivity contribution in [1.82, 2.24) is 19.8 Å². The highest BCUT2D eigenvalue weighted by Crippen LogP contribution is 2.26. The van der Waals surface area contributed by atoms with Gasteiger partial charge >= 0.3 is 0 Å². The largest absolute Gasteiger partial charge is 0.351 e. The van der Waals surface area contributed by atoms with E-state index in [1.807, 2.05) is 6.92 Å². The van der Waals surface area contributed by atoms with E-state index in [-0.39, 0.29) is 11.5 Å². The summed E-state index contributed by atoms with van der Waals surface area (Å²) in [6, 6.07) is 0. The minimum atomic E-state index is -0.101. The SMILES string of the molecule is Cc1c(C(=O)NCCCN2CCCCC2)sc2ncn(C)c(=O)c12. The molecule has 1 N–H and O–H groups in total. The van der Waals surface area contributed by atoms with Crippen LogP contribution in [0.2, 0.25) is 0 Å². The monoisotopic (exact) mass is 348 g/mol. The van der Waals surface area contributed by atoms with Crippen molar-refractivity contribution in [1.29, 1.82) is 0 Å². The topological polar surface area (TPSA) is 67.2 Å². The molecule has 3 heterocycles. The second-order valence-corrected chi connectivity index (χ2v) is 7.41. The predicted octanol–water partition coefficient (Wildman–Crippen LogP) is 1.91. The predicted molar refractivity (Wildman–Crippen MR) is 96.8 cm³/mol. The van der Waals surface area contributed by atoms with Crippen LogP contribution in [0.15, 0.2) is 11.1 Å². The molecule has 7 heteroatoms. The van der Waals surface area contributed by atoms with E-state index in [0.717, 1.165) is 18.5 Å². The van der Waals surface area contributed by atoms with Crippen molar-refractivity contribution in [2.24, 2.45) is 7.05 Å². The number of aryl methyl sites for hydroxylation is 2. The van der Waals surface area contributed by atoms with E-state index in [2.05, 4.69) is 15.2 Å². The molecule has 2 aromatic rings. The molecule has 1 saturated heterocycles. The number of likely N-dealkylation sites (tertiary alicyclic amines) is 1. The van der Waals surface area contributed by atoms with E-state index < -0.39 is 0 Å². The van der Waals surface area contributed by atoms with E-state index in [0.29, 0.717) is 21.6 Å². The third-order valence-electron chi connectivity index (χ3n) is 4.60. The van der Waals surface area contributed by atoms with Crippen LogP contribution in [-0.2, 0) is 7.05 Å². The molecular formula is C17H24N4O2S. The van der Waals surface area contributed by atoms with Crippen molar-refractivity contribution in [3.63, 3.8) is 0 Å². The summed E-state index contributed by atoms with van der Waals surface area (Å²) in [5.74, 6) is -0.101. The van der Waals surface area contributed by atoms with Crippen LogP contribution in [0.4, 0.5) is 0 Å². The zero-order valence-corrected chi connectivity index (χ0v) is 15.1. The van der Waals surface area contributed by atoms with Crippen LogP contribution in [0.5, 0.6) is 0 Å². The van der Waals surface area contributed by atoms with E-state index in [4.69, 9.17) is 0 Å². The average molecular weight is 348 g/mol. The van der Waals surface area contributed by atoms with Crippen LogP contribution < -0.4 is 10.9 Å². The highest BCUT2D eigenvalue weighted by molar-refractivity contribution is 7.20. The van der Waals surface area contributed by atoms with Crippen LogP contribution in [0.1, 0.15) is 40.9 Å². The number of hydrogen-bond acceptors (Lipinski definition) is 5. The third kappa shape index (κ3) is 3.52. The molecule has 0 radical (unpaired) electrons. The molecule has 1 aliphatic rings. The van der Waals surface area contributed by atoms with Gasteiger partial charge in [-0.2, -0.15) is 0 Å². The molecule has 0 saturated carbocycles. The molecule has 0 atom stereocenters. The first kappa shape index (κ1) is 17.1. The minimum absolute atomic E-state index is 0.0992. The number of carbonyl (C=O) groups excluding carboxylic acids is 1. The van der Waals surface area contributed by atoms with Gasteiger partial charge < -0.3 is 14.8 Å². The highest BCUT2D eigenvalue weighted by atomic mass is 32.1. The van der Waals surface area contributed by atoms with Gasteiger partial charge in [-0.05, 0) is 51.4 Å². The van der Waals surface area contributed by atoms with Crippen LogP contribution in [0.25, 0.3) is 10.2 Å². The lowest BCUT2D eigenvalue weighted by molar-refractivity contribution is 0.0954. The first-order valence-electron chi connectivity index (χ1n) is 8.53. The van der Waals surface area contributed by atoms with Gasteiger partial charge in [0.25, 0.3) is 11.5 Å². The molecule has 0 unspecified atom stereocenters. The summed E-state index contributed by atoms with van der Waals surface area (Å²) in [4.78, 5) is 32.6. The summed E-state index contributed by atoms with van der Waals surface area (Å²) in [6.07, 6.45) is 6.37. The minimum Gasteiger partial charge on any atom is -0.351 e. The Labute approximate surface area is 145 Å². The van der Waals surface area contributed by atoms with Gasteiger partial charge in [0.15, 0.2) is 0 Å². The summed E-state index contributed by atoms with van der Waals surface area (Å²) in [7, 11) is 1.67. The number of piperidine rings is 1. The highest BCUT2D eigenvalue weighted by Gasteiger charge is 2.18. The smallest absolute Gasteiger partial charge is 0.262 e. The van der Waals surface area contributed by atoms with Gasteiger partial charge in [0, 0.05) is 13.6 Å². The molecule has 130 valence electrons. The maximum atomic E-state index is 12.4. The number of nitrogens with zero attached hydrogens (tertiary/aromatic N) is 3. The van der Waals surface area contributed by atoms with Crippen molar-refractivity contribution in [3.8, 4) is 0 Å². The molecule has 2 aromatic heterocycles. The fourth-order valence-electron chi connectivity index (χ4n) is 3.19. The van der Waals surface area contributed by atoms with Gasteiger partial charge in [-0.25, -0.2) is 4.98 Å². The van der Waals surface area contributed by atoms with Gasteiger partial charge in [0.05, 0.1) is 16.6 Å². The Kier molecular flexibility index (Phi) is 5.30. The van der Waals surface area contributed by atoms with E-state index in [1.54, 1.807) is 7.05 Å². The van der Waals surface area contributed by atoms with Crippen molar-refractivity contribution < 1.29 is 4.79 Å². The molecule has 3 rings (SSSR count). The maximum Gasteiger partial charge on any atom is 0.262 e. The second-order valence-electron chi connectivity index (χ2n) is 6.41. The molecule has 6 nitrogen and oxygen atoms in total. The number of fused-ring (bicyclic) bond motifs is 1. The number of thiophene rings is 1. The van der Waals surface area contributed by atoms with Crippen LogP contribution in [0, 0.1) is 6.92 Å². The first-order chi connectivity index (χ1) is 11.6.